The Morgan fingerprint density at radius 3 is 2.39 bits per heavy atom. The number of aromatic nitrogens is 2. The van der Waals surface area contributed by atoms with Gasteiger partial charge in [0.2, 0.25) is 0 Å². The van der Waals surface area contributed by atoms with Crippen LogP contribution in [0.5, 0.6) is 0 Å². The van der Waals surface area contributed by atoms with Crippen molar-refractivity contribution in [2.45, 2.75) is 18.8 Å². The number of non-ortho nitro benzene ring substituents is 1. The van der Waals surface area contributed by atoms with Gasteiger partial charge in [0.05, 0.1) is 16.3 Å². The van der Waals surface area contributed by atoms with Crippen LogP contribution < -0.4 is 10.6 Å². The highest BCUT2D eigenvalue weighted by Crippen LogP contribution is 2.40. The van der Waals surface area contributed by atoms with E-state index in [-0.39, 0.29) is 5.69 Å². The molecule has 2 amide bonds. The molecule has 28 heavy (non-hydrogen) atoms. The fourth-order valence-corrected chi connectivity index (χ4v) is 2.92. The first-order valence-corrected chi connectivity index (χ1v) is 9.06. The van der Waals surface area contributed by atoms with E-state index < -0.39 is 11.0 Å². The minimum absolute atomic E-state index is 0.00619. The summed E-state index contributed by atoms with van der Waals surface area (Å²) in [5.41, 5.74) is 2.11. The number of benzene rings is 2. The average Bonchev–Trinajstić information content (AvgIpc) is 3.45. The molecule has 2 N–H and O–H groups in total. The molecular formula is C19H16ClN5O3. The SMILES string of the molecule is O=C(Nc1ccc(Cl)cc1)Nc1cc(C2CC2)nn1-c1ccc([N+](=O)[O-])cc1. The van der Waals surface area contributed by atoms with E-state index in [1.807, 2.05) is 6.07 Å². The van der Waals surface area contributed by atoms with Gasteiger partial charge in [-0.25, -0.2) is 9.48 Å². The highest BCUT2D eigenvalue weighted by molar-refractivity contribution is 6.30. The number of rotatable bonds is 5. The van der Waals surface area contributed by atoms with Crippen LogP contribution in [-0.4, -0.2) is 20.7 Å². The third kappa shape index (κ3) is 3.96. The largest absolute Gasteiger partial charge is 0.324 e. The van der Waals surface area contributed by atoms with Gasteiger partial charge in [-0.3, -0.25) is 15.4 Å². The van der Waals surface area contributed by atoms with Crippen molar-refractivity contribution < 1.29 is 9.72 Å². The number of anilines is 2. The molecule has 8 nitrogen and oxygen atoms in total. The Hall–Kier alpha value is -3.39. The number of nitro benzene ring substituents is 1. The molecule has 1 fully saturated rings. The van der Waals surface area contributed by atoms with Gasteiger partial charge >= 0.3 is 6.03 Å². The smallest absolute Gasteiger partial charge is 0.308 e. The lowest BCUT2D eigenvalue weighted by atomic mass is 10.3. The summed E-state index contributed by atoms with van der Waals surface area (Å²) < 4.78 is 1.58. The fourth-order valence-electron chi connectivity index (χ4n) is 2.79. The Balaban J connectivity index is 1.58. The predicted octanol–water partition coefficient (Wildman–Crippen LogP) is 4.96. The summed E-state index contributed by atoms with van der Waals surface area (Å²) >= 11 is 5.85. The first-order chi connectivity index (χ1) is 13.5. The molecule has 9 heteroatoms. The topological polar surface area (TPSA) is 102 Å². The lowest BCUT2D eigenvalue weighted by Crippen LogP contribution is -2.21. The quantitative estimate of drug-likeness (QED) is 0.469. The van der Waals surface area contributed by atoms with E-state index in [2.05, 4.69) is 15.7 Å². The van der Waals surface area contributed by atoms with Gasteiger partial charge in [0, 0.05) is 34.8 Å². The molecule has 0 saturated heterocycles. The van der Waals surface area contributed by atoms with E-state index >= 15 is 0 Å². The van der Waals surface area contributed by atoms with Crippen molar-refractivity contribution in [3.63, 3.8) is 0 Å². The molecule has 0 unspecified atom stereocenters. The summed E-state index contributed by atoms with van der Waals surface area (Å²) in [6, 6.07) is 14.2. The number of nitro groups is 1. The molecule has 1 aromatic heterocycles. The number of carbonyl (C=O) groups is 1. The van der Waals surface area contributed by atoms with Crippen LogP contribution in [0.25, 0.3) is 5.69 Å². The molecule has 3 aromatic rings. The van der Waals surface area contributed by atoms with Gasteiger partial charge in [0.15, 0.2) is 0 Å². The zero-order valence-electron chi connectivity index (χ0n) is 14.6. The van der Waals surface area contributed by atoms with Crippen molar-refractivity contribution >= 4 is 34.8 Å². The van der Waals surface area contributed by atoms with E-state index in [0.717, 1.165) is 18.5 Å². The molecule has 1 heterocycles. The summed E-state index contributed by atoms with van der Waals surface area (Å²) in [5, 5.41) is 21.6. The molecule has 2 aromatic carbocycles. The van der Waals surface area contributed by atoms with E-state index in [0.29, 0.717) is 28.1 Å². The van der Waals surface area contributed by atoms with Crippen LogP contribution in [0.15, 0.2) is 54.6 Å². The molecule has 4 rings (SSSR count). The fraction of sp³-hybridized carbons (Fsp3) is 0.158. The third-order valence-electron chi connectivity index (χ3n) is 4.37. The van der Waals surface area contributed by atoms with Gasteiger partial charge in [0.1, 0.15) is 5.82 Å². The first-order valence-electron chi connectivity index (χ1n) is 8.68. The molecule has 0 aliphatic heterocycles. The molecule has 1 aliphatic rings. The summed E-state index contributed by atoms with van der Waals surface area (Å²) in [6.45, 7) is 0. The number of amides is 2. The zero-order valence-corrected chi connectivity index (χ0v) is 15.4. The molecular weight excluding hydrogens is 382 g/mol. The number of nitrogens with zero attached hydrogens (tertiary/aromatic N) is 3. The van der Waals surface area contributed by atoms with Crippen molar-refractivity contribution in [1.82, 2.24) is 9.78 Å². The van der Waals surface area contributed by atoms with Crippen LogP contribution >= 0.6 is 11.6 Å². The highest BCUT2D eigenvalue weighted by atomic mass is 35.5. The van der Waals surface area contributed by atoms with Gasteiger partial charge in [-0.2, -0.15) is 5.10 Å². The van der Waals surface area contributed by atoms with Crippen LogP contribution in [0.1, 0.15) is 24.5 Å². The lowest BCUT2D eigenvalue weighted by Gasteiger charge is -2.10. The van der Waals surface area contributed by atoms with Crippen molar-refractivity contribution in [2.24, 2.45) is 0 Å². The Bertz CT molecular complexity index is 1030. The number of hydrogen-bond acceptors (Lipinski definition) is 4. The maximum absolute atomic E-state index is 12.4. The zero-order chi connectivity index (χ0) is 19.7. The van der Waals surface area contributed by atoms with E-state index in [9.17, 15) is 14.9 Å². The van der Waals surface area contributed by atoms with Gasteiger partial charge < -0.3 is 5.32 Å². The van der Waals surface area contributed by atoms with Crippen LogP contribution in [0, 0.1) is 10.1 Å². The van der Waals surface area contributed by atoms with Crippen LogP contribution in [0.2, 0.25) is 5.02 Å². The van der Waals surface area contributed by atoms with E-state index in [4.69, 9.17) is 11.6 Å². The standard InChI is InChI=1S/C19H16ClN5O3/c20-13-3-5-14(6-4-13)21-19(26)22-18-11-17(12-1-2-12)23-24(18)15-7-9-16(10-8-15)25(27)28/h3-12H,1-2H2,(H2,21,22,26). The molecule has 1 saturated carbocycles. The monoisotopic (exact) mass is 397 g/mol. The van der Waals surface area contributed by atoms with Gasteiger partial charge in [-0.15, -0.1) is 0 Å². The van der Waals surface area contributed by atoms with E-state index in [1.165, 1.54) is 12.1 Å². The molecule has 0 spiro atoms. The maximum Gasteiger partial charge on any atom is 0.324 e. The second-order valence-electron chi connectivity index (χ2n) is 6.50. The predicted molar refractivity (Wildman–Crippen MR) is 106 cm³/mol. The van der Waals surface area contributed by atoms with Crippen molar-refractivity contribution in [3.8, 4) is 5.69 Å². The first kappa shape index (κ1) is 18.0. The number of nitrogens with one attached hydrogen (secondary N) is 2. The van der Waals surface area contributed by atoms with E-state index in [1.54, 1.807) is 41.1 Å². The maximum atomic E-state index is 12.4. The number of urea groups is 1. The Kier molecular flexibility index (Phi) is 4.70. The highest BCUT2D eigenvalue weighted by Gasteiger charge is 2.28. The Morgan fingerprint density at radius 2 is 1.79 bits per heavy atom. The summed E-state index contributed by atoms with van der Waals surface area (Å²) in [6.07, 6.45) is 2.13. The van der Waals surface area contributed by atoms with Gasteiger partial charge in [0.25, 0.3) is 5.69 Å². The van der Waals surface area contributed by atoms with Crippen molar-refractivity contribution in [3.05, 3.63) is 75.4 Å². The Morgan fingerprint density at radius 1 is 1.11 bits per heavy atom. The van der Waals surface area contributed by atoms with Gasteiger partial charge in [-0.1, -0.05) is 11.6 Å². The summed E-state index contributed by atoms with van der Waals surface area (Å²) in [4.78, 5) is 22.8. The summed E-state index contributed by atoms with van der Waals surface area (Å²) in [7, 11) is 0. The molecule has 0 bridgehead atoms. The second-order valence-corrected chi connectivity index (χ2v) is 6.94. The lowest BCUT2D eigenvalue weighted by molar-refractivity contribution is -0.384. The number of halogens is 1. The van der Waals surface area contributed by atoms with Crippen LogP contribution in [0.3, 0.4) is 0 Å². The molecule has 142 valence electrons. The molecule has 1 aliphatic carbocycles. The number of hydrogen-bond donors (Lipinski definition) is 2. The normalized spacial score (nSPS) is 13.2. The summed E-state index contributed by atoms with van der Waals surface area (Å²) in [5.74, 6) is 0.876. The minimum Gasteiger partial charge on any atom is -0.308 e. The van der Waals surface area contributed by atoms with Crippen molar-refractivity contribution in [2.75, 3.05) is 10.6 Å². The average molecular weight is 398 g/mol. The second kappa shape index (κ2) is 7.32. The third-order valence-corrected chi connectivity index (χ3v) is 4.62. The van der Waals surface area contributed by atoms with Gasteiger partial charge in [-0.05, 0) is 49.2 Å². The van der Waals surface area contributed by atoms with Crippen molar-refractivity contribution in [1.29, 1.82) is 0 Å². The van der Waals surface area contributed by atoms with Crippen LogP contribution in [-0.2, 0) is 0 Å². The Labute approximate surface area is 165 Å². The molecule has 0 radical (unpaired) electrons. The molecule has 0 atom stereocenters. The minimum atomic E-state index is -0.457. The number of carbonyl (C=O) groups excluding carboxylic acids is 1. The van der Waals surface area contributed by atoms with Crippen LogP contribution in [0.4, 0.5) is 22.0 Å².